The fraction of sp³-hybridized carbons (Fsp3) is 0.318. The van der Waals surface area contributed by atoms with Crippen LogP contribution in [-0.2, 0) is 9.59 Å². The van der Waals surface area contributed by atoms with Crippen molar-refractivity contribution in [1.82, 2.24) is 4.90 Å². The van der Waals surface area contributed by atoms with Crippen molar-refractivity contribution >= 4 is 23.5 Å². The SMILES string of the molecule is Cc1cccc(C)c1NC(=O)CN(C)C(=O)c1cc(C)c(OCC(=O)O)c(C)c1. The lowest BCUT2D eigenvalue weighted by molar-refractivity contribution is -0.139. The maximum absolute atomic E-state index is 12.8. The minimum atomic E-state index is -1.07. The van der Waals surface area contributed by atoms with E-state index in [4.69, 9.17) is 9.84 Å². The molecule has 7 nitrogen and oxygen atoms in total. The average molecular weight is 398 g/mol. The number of aryl methyl sites for hydroxylation is 4. The molecule has 2 aromatic carbocycles. The smallest absolute Gasteiger partial charge is 0.341 e. The summed E-state index contributed by atoms with van der Waals surface area (Å²) < 4.78 is 5.29. The molecule has 0 aromatic heterocycles. The molecular formula is C22H26N2O5. The molecule has 0 atom stereocenters. The monoisotopic (exact) mass is 398 g/mol. The van der Waals surface area contributed by atoms with Crippen molar-refractivity contribution in [3.05, 3.63) is 58.1 Å². The van der Waals surface area contributed by atoms with E-state index in [1.54, 1.807) is 33.0 Å². The van der Waals surface area contributed by atoms with Gasteiger partial charge in [-0.15, -0.1) is 0 Å². The number of aliphatic carboxylic acids is 1. The Morgan fingerprint density at radius 3 is 2.07 bits per heavy atom. The Morgan fingerprint density at radius 2 is 1.55 bits per heavy atom. The van der Waals surface area contributed by atoms with Crippen LogP contribution in [0.25, 0.3) is 0 Å². The third kappa shape index (κ3) is 5.57. The zero-order chi connectivity index (χ0) is 21.7. The molecule has 0 unspecified atom stereocenters. The van der Waals surface area contributed by atoms with Gasteiger partial charge in [-0.1, -0.05) is 18.2 Å². The number of nitrogens with zero attached hydrogens (tertiary/aromatic N) is 1. The number of carbonyl (C=O) groups is 3. The van der Waals surface area contributed by atoms with Crippen LogP contribution in [-0.4, -0.2) is 48.0 Å². The molecule has 2 amide bonds. The van der Waals surface area contributed by atoms with E-state index in [1.165, 1.54) is 4.90 Å². The summed E-state index contributed by atoms with van der Waals surface area (Å²) in [5.74, 6) is -1.22. The molecule has 29 heavy (non-hydrogen) atoms. The number of carbonyl (C=O) groups excluding carboxylic acids is 2. The molecule has 2 rings (SSSR count). The number of likely N-dealkylation sites (N-methyl/N-ethyl adjacent to an activating group) is 1. The molecule has 2 N–H and O–H groups in total. The average Bonchev–Trinajstić information content (AvgIpc) is 2.63. The van der Waals surface area contributed by atoms with Crippen molar-refractivity contribution < 1.29 is 24.2 Å². The highest BCUT2D eigenvalue weighted by atomic mass is 16.5. The van der Waals surface area contributed by atoms with Crippen molar-refractivity contribution in [2.75, 3.05) is 25.5 Å². The first-order valence-electron chi connectivity index (χ1n) is 9.17. The molecule has 0 aliphatic heterocycles. The Hall–Kier alpha value is -3.35. The number of hydrogen-bond donors (Lipinski definition) is 2. The number of nitrogens with one attached hydrogen (secondary N) is 1. The molecule has 0 aliphatic rings. The zero-order valence-corrected chi connectivity index (χ0v) is 17.3. The molecule has 0 fully saturated rings. The number of para-hydroxylation sites is 1. The van der Waals surface area contributed by atoms with Gasteiger partial charge in [0.25, 0.3) is 5.91 Å². The van der Waals surface area contributed by atoms with E-state index in [9.17, 15) is 14.4 Å². The van der Waals surface area contributed by atoms with Gasteiger partial charge in [0.15, 0.2) is 6.61 Å². The lowest BCUT2D eigenvalue weighted by atomic mass is 10.0. The molecule has 0 heterocycles. The second kappa shape index (κ2) is 9.23. The van der Waals surface area contributed by atoms with E-state index in [-0.39, 0.29) is 18.4 Å². The van der Waals surface area contributed by atoms with Crippen molar-refractivity contribution in [3.8, 4) is 5.75 Å². The third-order valence-electron chi connectivity index (χ3n) is 4.52. The summed E-state index contributed by atoms with van der Waals surface area (Å²) in [4.78, 5) is 37.2. The number of ether oxygens (including phenoxy) is 1. The van der Waals surface area contributed by atoms with E-state index in [0.717, 1.165) is 16.8 Å². The second-order valence-corrected chi connectivity index (χ2v) is 7.10. The van der Waals surface area contributed by atoms with Gasteiger partial charge in [0.05, 0.1) is 6.54 Å². The maximum atomic E-state index is 12.8. The Kier molecular flexibility index (Phi) is 6.98. The van der Waals surface area contributed by atoms with Crippen molar-refractivity contribution in [3.63, 3.8) is 0 Å². The summed E-state index contributed by atoms with van der Waals surface area (Å²) in [5, 5.41) is 11.6. The molecule has 154 valence electrons. The highest BCUT2D eigenvalue weighted by molar-refractivity contribution is 6.00. The third-order valence-corrected chi connectivity index (χ3v) is 4.52. The number of benzene rings is 2. The fourth-order valence-corrected chi connectivity index (χ4v) is 3.13. The number of anilines is 1. The summed E-state index contributed by atoms with van der Waals surface area (Å²) >= 11 is 0. The highest BCUT2D eigenvalue weighted by Crippen LogP contribution is 2.25. The van der Waals surface area contributed by atoms with E-state index < -0.39 is 12.6 Å². The molecule has 0 saturated carbocycles. The van der Waals surface area contributed by atoms with Gasteiger partial charge in [-0.05, 0) is 62.1 Å². The Labute approximate surface area is 170 Å². The van der Waals surface area contributed by atoms with Gasteiger partial charge in [-0.2, -0.15) is 0 Å². The summed E-state index contributed by atoms with van der Waals surface area (Å²) in [6.07, 6.45) is 0. The van der Waals surface area contributed by atoms with Crippen LogP contribution in [0, 0.1) is 27.7 Å². The number of carboxylic acids is 1. The van der Waals surface area contributed by atoms with Crippen LogP contribution in [0.3, 0.4) is 0 Å². The predicted octanol–water partition coefficient (Wildman–Crippen LogP) is 3.09. The molecule has 2 aromatic rings. The fourth-order valence-electron chi connectivity index (χ4n) is 3.13. The van der Waals surface area contributed by atoms with E-state index >= 15 is 0 Å². The number of hydrogen-bond acceptors (Lipinski definition) is 4. The van der Waals surface area contributed by atoms with E-state index in [0.29, 0.717) is 22.4 Å². The summed E-state index contributed by atoms with van der Waals surface area (Å²) in [6.45, 7) is 6.77. The van der Waals surface area contributed by atoms with Crippen LogP contribution in [0.5, 0.6) is 5.75 Å². The normalized spacial score (nSPS) is 10.4. The summed E-state index contributed by atoms with van der Waals surface area (Å²) in [6, 6.07) is 9.01. The first-order valence-corrected chi connectivity index (χ1v) is 9.17. The number of rotatable bonds is 7. The molecule has 0 aliphatic carbocycles. The summed E-state index contributed by atoms with van der Waals surface area (Å²) in [7, 11) is 1.56. The van der Waals surface area contributed by atoms with Crippen molar-refractivity contribution in [2.24, 2.45) is 0 Å². The lowest BCUT2D eigenvalue weighted by Crippen LogP contribution is -2.35. The maximum Gasteiger partial charge on any atom is 0.341 e. The first-order chi connectivity index (χ1) is 13.6. The predicted molar refractivity (Wildman–Crippen MR) is 111 cm³/mol. The number of amides is 2. The van der Waals surface area contributed by atoms with Crippen LogP contribution < -0.4 is 10.1 Å². The Balaban J connectivity index is 2.09. The quantitative estimate of drug-likeness (QED) is 0.747. The lowest BCUT2D eigenvalue weighted by Gasteiger charge is -2.19. The number of carboxylic acid groups (broad SMARTS) is 1. The van der Waals surface area contributed by atoms with Gasteiger partial charge < -0.3 is 20.1 Å². The highest BCUT2D eigenvalue weighted by Gasteiger charge is 2.18. The van der Waals surface area contributed by atoms with Gasteiger partial charge >= 0.3 is 5.97 Å². The van der Waals surface area contributed by atoms with Gasteiger partial charge in [0, 0.05) is 18.3 Å². The molecule has 0 bridgehead atoms. The van der Waals surface area contributed by atoms with Gasteiger partial charge in [-0.3, -0.25) is 9.59 Å². The van der Waals surface area contributed by atoms with Crippen LogP contribution in [0.15, 0.2) is 30.3 Å². The molecule has 0 spiro atoms. The van der Waals surface area contributed by atoms with Crippen LogP contribution in [0.1, 0.15) is 32.6 Å². The van der Waals surface area contributed by atoms with E-state index in [1.807, 2.05) is 32.0 Å². The largest absolute Gasteiger partial charge is 0.481 e. The molecule has 7 heteroatoms. The van der Waals surface area contributed by atoms with Gasteiger partial charge in [0.1, 0.15) is 5.75 Å². The van der Waals surface area contributed by atoms with Crippen molar-refractivity contribution in [2.45, 2.75) is 27.7 Å². The Bertz CT molecular complexity index is 909. The van der Waals surface area contributed by atoms with Crippen LogP contribution in [0.4, 0.5) is 5.69 Å². The first kappa shape index (κ1) is 21.9. The second-order valence-electron chi connectivity index (χ2n) is 7.10. The minimum Gasteiger partial charge on any atom is -0.481 e. The van der Waals surface area contributed by atoms with Gasteiger partial charge in [0.2, 0.25) is 5.91 Å². The molecule has 0 saturated heterocycles. The zero-order valence-electron chi connectivity index (χ0n) is 17.3. The molecule has 0 radical (unpaired) electrons. The van der Waals surface area contributed by atoms with Gasteiger partial charge in [-0.25, -0.2) is 4.79 Å². The van der Waals surface area contributed by atoms with E-state index in [2.05, 4.69) is 5.32 Å². The van der Waals surface area contributed by atoms with Crippen LogP contribution >= 0.6 is 0 Å². The summed E-state index contributed by atoms with van der Waals surface area (Å²) in [5.41, 5.74) is 4.38. The Morgan fingerprint density at radius 1 is 1.00 bits per heavy atom. The molecular weight excluding hydrogens is 372 g/mol. The van der Waals surface area contributed by atoms with Crippen LogP contribution in [0.2, 0.25) is 0 Å². The standard InChI is InChI=1S/C22H26N2O5/c1-13-7-6-8-14(2)20(13)23-18(25)11-24(5)22(28)17-9-15(3)21(16(4)10-17)29-12-19(26)27/h6-10H,11-12H2,1-5H3,(H,23,25)(H,26,27). The minimum absolute atomic E-state index is 0.0953. The topological polar surface area (TPSA) is 95.9 Å². The van der Waals surface area contributed by atoms with Crippen molar-refractivity contribution in [1.29, 1.82) is 0 Å².